The summed E-state index contributed by atoms with van der Waals surface area (Å²) in [6.45, 7) is 8.36. The molecule has 5 heteroatoms. The first-order valence-corrected chi connectivity index (χ1v) is 12.8. The fourth-order valence-electron chi connectivity index (χ4n) is 4.52. The second-order valence-electron chi connectivity index (χ2n) is 9.02. The maximum Gasteiger partial charge on any atom is 0.140 e. The first-order chi connectivity index (χ1) is 16.8. The summed E-state index contributed by atoms with van der Waals surface area (Å²) >= 11 is 0. The van der Waals surface area contributed by atoms with E-state index >= 15 is 0 Å². The van der Waals surface area contributed by atoms with Crippen LogP contribution in [-0.4, -0.2) is 21.0 Å². The van der Waals surface area contributed by atoms with Gasteiger partial charge in [0.15, 0.2) is 0 Å². The van der Waals surface area contributed by atoms with E-state index in [4.69, 9.17) is 4.98 Å². The minimum absolute atomic E-state index is 0. The Hall–Kier alpha value is -2.59. The van der Waals surface area contributed by atoms with Gasteiger partial charge < -0.3 is 4.57 Å². The van der Waals surface area contributed by atoms with Crippen molar-refractivity contribution < 1.29 is 0 Å². The lowest BCUT2D eigenvalue weighted by atomic mass is 10.1. The Morgan fingerprint density at radius 2 is 1.22 bits per heavy atom. The Morgan fingerprint density at radius 3 is 1.81 bits per heavy atom. The van der Waals surface area contributed by atoms with Crippen LogP contribution in [0.3, 0.4) is 0 Å². The van der Waals surface area contributed by atoms with Gasteiger partial charge >= 0.3 is 0 Å². The van der Waals surface area contributed by atoms with Crippen LogP contribution >= 0.6 is 24.8 Å². The zero-order valence-corrected chi connectivity index (χ0v) is 23.1. The lowest BCUT2D eigenvalue weighted by Crippen LogP contribution is -2.24. The molecule has 36 heavy (non-hydrogen) atoms. The van der Waals surface area contributed by atoms with E-state index in [-0.39, 0.29) is 24.8 Å². The van der Waals surface area contributed by atoms with Gasteiger partial charge in [0.2, 0.25) is 0 Å². The van der Waals surface area contributed by atoms with Gasteiger partial charge in [0.05, 0.1) is 11.4 Å². The number of aromatic nitrogens is 2. The summed E-state index contributed by atoms with van der Waals surface area (Å²) in [5.74, 6) is 1.08. The van der Waals surface area contributed by atoms with Crippen molar-refractivity contribution in [3.8, 4) is 22.6 Å². The van der Waals surface area contributed by atoms with E-state index in [1.54, 1.807) is 0 Å². The molecule has 0 saturated carbocycles. The molecule has 0 atom stereocenters. The molecule has 0 saturated heterocycles. The van der Waals surface area contributed by atoms with Crippen LogP contribution in [0.1, 0.15) is 50.8 Å². The molecular weight excluding hydrogens is 485 g/mol. The van der Waals surface area contributed by atoms with Crippen molar-refractivity contribution in [3.63, 3.8) is 0 Å². The number of rotatable bonds is 12. The summed E-state index contributed by atoms with van der Waals surface area (Å²) < 4.78 is 2.46. The van der Waals surface area contributed by atoms with E-state index in [0.717, 1.165) is 44.8 Å². The second kappa shape index (κ2) is 15.5. The molecule has 0 amide bonds. The normalized spacial score (nSPS) is 10.6. The predicted molar refractivity (Wildman–Crippen MR) is 158 cm³/mol. The molecule has 3 nitrogen and oxygen atoms in total. The van der Waals surface area contributed by atoms with Crippen molar-refractivity contribution in [2.45, 2.75) is 59.2 Å². The molecule has 0 aliphatic rings. The summed E-state index contributed by atoms with van der Waals surface area (Å²) in [4.78, 5) is 7.88. The largest absolute Gasteiger partial charge is 0.324 e. The van der Waals surface area contributed by atoms with Crippen molar-refractivity contribution in [1.29, 1.82) is 0 Å². The third-order valence-electron chi connectivity index (χ3n) is 6.30. The zero-order valence-electron chi connectivity index (χ0n) is 21.5. The highest BCUT2D eigenvalue weighted by Crippen LogP contribution is 2.32. The minimum Gasteiger partial charge on any atom is -0.324 e. The van der Waals surface area contributed by atoms with Gasteiger partial charge in [-0.2, -0.15) is 0 Å². The molecule has 0 bridgehead atoms. The number of benzene rings is 3. The second-order valence-corrected chi connectivity index (χ2v) is 9.02. The van der Waals surface area contributed by atoms with Gasteiger partial charge in [0.25, 0.3) is 0 Å². The van der Waals surface area contributed by atoms with Gasteiger partial charge in [-0.25, -0.2) is 4.98 Å². The number of hydrogen-bond acceptors (Lipinski definition) is 2. The number of hydrogen-bond donors (Lipinski definition) is 0. The Balaban J connectivity index is 0.00000228. The molecule has 192 valence electrons. The van der Waals surface area contributed by atoms with E-state index < -0.39 is 0 Å². The Bertz CT molecular complexity index is 1130. The van der Waals surface area contributed by atoms with Crippen molar-refractivity contribution in [2.24, 2.45) is 0 Å². The smallest absolute Gasteiger partial charge is 0.140 e. The van der Waals surface area contributed by atoms with Gasteiger partial charge in [-0.3, -0.25) is 4.90 Å². The minimum atomic E-state index is 0. The maximum absolute atomic E-state index is 5.32. The van der Waals surface area contributed by atoms with Crippen LogP contribution in [0.4, 0.5) is 0 Å². The fourth-order valence-corrected chi connectivity index (χ4v) is 4.52. The number of halogens is 2. The van der Waals surface area contributed by atoms with Gasteiger partial charge in [-0.1, -0.05) is 118 Å². The summed E-state index contributed by atoms with van der Waals surface area (Å²) in [6.07, 6.45) is 4.68. The molecule has 1 heterocycles. The van der Waals surface area contributed by atoms with Gasteiger partial charge in [-0.15, -0.1) is 24.8 Å². The molecule has 0 radical (unpaired) electrons. The molecule has 4 aromatic rings. The Morgan fingerprint density at radius 1 is 0.667 bits per heavy atom. The van der Waals surface area contributed by atoms with Gasteiger partial charge in [0, 0.05) is 30.8 Å². The lowest BCUT2D eigenvalue weighted by Gasteiger charge is -2.22. The quantitative estimate of drug-likeness (QED) is 0.185. The molecular formula is C31H39Cl2N3. The van der Waals surface area contributed by atoms with Crippen LogP contribution in [0.5, 0.6) is 0 Å². The zero-order chi connectivity index (χ0) is 23.6. The van der Waals surface area contributed by atoms with Crippen molar-refractivity contribution >= 4 is 24.8 Å². The van der Waals surface area contributed by atoms with Crippen LogP contribution in [0.25, 0.3) is 22.6 Å². The third kappa shape index (κ3) is 7.70. The first kappa shape index (κ1) is 29.6. The summed E-state index contributed by atoms with van der Waals surface area (Å²) in [7, 11) is 0. The molecule has 3 aromatic carbocycles. The molecule has 0 spiro atoms. The first-order valence-electron chi connectivity index (χ1n) is 12.8. The van der Waals surface area contributed by atoms with E-state index in [0.29, 0.717) is 0 Å². The molecule has 0 N–H and O–H groups in total. The van der Waals surface area contributed by atoms with E-state index in [1.165, 1.54) is 40.9 Å². The van der Waals surface area contributed by atoms with E-state index in [9.17, 15) is 0 Å². The Kier molecular flexibility index (Phi) is 12.8. The standard InChI is InChI=1S/C31H37N3.2ClH/c1-3-5-22-33(24-26-16-10-7-11-17-26)25-29-30(27-18-12-8-13-19-27)34(23-6-4-2)31(32-29)28-20-14-9-15-21-28;;/h7-21H,3-6,22-25H2,1-2H3;2*1H. The highest BCUT2D eigenvalue weighted by molar-refractivity contribution is 5.85. The molecule has 1 aromatic heterocycles. The third-order valence-corrected chi connectivity index (χ3v) is 6.30. The molecule has 0 aliphatic heterocycles. The molecule has 0 unspecified atom stereocenters. The average Bonchev–Trinajstić information content (AvgIpc) is 3.25. The predicted octanol–water partition coefficient (Wildman–Crippen LogP) is 8.66. The van der Waals surface area contributed by atoms with Crippen molar-refractivity contribution in [3.05, 3.63) is 102 Å². The van der Waals surface area contributed by atoms with Crippen LogP contribution in [-0.2, 0) is 19.6 Å². The van der Waals surface area contributed by atoms with Crippen LogP contribution in [0.15, 0.2) is 91.0 Å². The van der Waals surface area contributed by atoms with Crippen LogP contribution < -0.4 is 0 Å². The Labute approximate surface area is 229 Å². The highest BCUT2D eigenvalue weighted by atomic mass is 35.5. The topological polar surface area (TPSA) is 21.1 Å². The number of imidazole rings is 1. The fraction of sp³-hybridized carbons (Fsp3) is 0.323. The van der Waals surface area contributed by atoms with E-state index in [1.807, 2.05) is 0 Å². The number of unbranched alkanes of at least 4 members (excludes halogenated alkanes) is 2. The molecule has 4 rings (SSSR count). The lowest BCUT2D eigenvalue weighted by molar-refractivity contribution is 0.250. The van der Waals surface area contributed by atoms with Crippen molar-refractivity contribution in [1.82, 2.24) is 14.5 Å². The maximum atomic E-state index is 5.32. The van der Waals surface area contributed by atoms with Crippen LogP contribution in [0, 0.1) is 0 Å². The van der Waals surface area contributed by atoms with E-state index in [2.05, 4.69) is 114 Å². The van der Waals surface area contributed by atoms with Gasteiger partial charge in [-0.05, 0) is 24.9 Å². The molecule has 0 fully saturated rings. The highest BCUT2D eigenvalue weighted by Gasteiger charge is 2.21. The SMILES string of the molecule is CCCCN(Cc1ccccc1)Cc1nc(-c2ccccc2)n(CCCC)c1-c1ccccc1.Cl.Cl. The summed E-state index contributed by atoms with van der Waals surface area (Å²) in [5, 5.41) is 0. The molecule has 0 aliphatic carbocycles. The van der Waals surface area contributed by atoms with Gasteiger partial charge in [0.1, 0.15) is 5.82 Å². The van der Waals surface area contributed by atoms with Crippen LogP contribution in [0.2, 0.25) is 0 Å². The summed E-state index contributed by atoms with van der Waals surface area (Å²) in [6, 6.07) is 32.3. The van der Waals surface area contributed by atoms with Crippen molar-refractivity contribution in [2.75, 3.05) is 6.54 Å². The monoisotopic (exact) mass is 523 g/mol. The average molecular weight is 525 g/mol. The summed E-state index contributed by atoms with van der Waals surface area (Å²) in [5.41, 5.74) is 6.23. The number of nitrogens with zero attached hydrogens (tertiary/aromatic N) is 3.